The molecule has 5 nitrogen and oxygen atoms in total. The Kier molecular flexibility index (Phi) is 4.23. The van der Waals surface area contributed by atoms with Crippen molar-refractivity contribution in [3.63, 3.8) is 0 Å². The van der Waals surface area contributed by atoms with Gasteiger partial charge in [0.1, 0.15) is 12.4 Å². The number of hydrogen-bond donors (Lipinski definition) is 1. The second-order valence-electron chi connectivity index (χ2n) is 5.81. The van der Waals surface area contributed by atoms with E-state index >= 15 is 0 Å². The standard InChI is InChI=1S/C18H16ClN3O2S/c1-2-6-24-15-4-3-11(19)8-12(15)13-9-16(23)20-10-14-17(13)22-5-7-25-18(22)21-14/h2-5,7-8,13H,1,6,9-10H2,(H,20,23)/t13-/m1/s1. The Balaban J connectivity index is 1.90. The van der Waals surface area contributed by atoms with E-state index in [4.69, 9.17) is 16.3 Å². The number of nitrogens with zero attached hydrogens (tertiary/aromatic N) is 2. The zero-order valence-electron chi connectivity index (χ0n) is 13.4. The van der Waals surface area contributed by atoms with Crippen LogP contribution in [-0.2, 0) is 11.3 Å². The Bertz CT molecular complexity index is 963. The Morgan fingerprint density at radius 1 is 1.52 bits per heavy atom. The number of nitrogens with one attached hydrogen (secondary N) is 1. The zero-order chi connectivity index (χ0) is 17.4. The molecule has 1 aromatic carbocycles. The van der Waals surface area contributed by atoms with E-state index in [-0.39, 0.29) is 11.8 Å². The van der Waals surface area contributed by atoms with E-state index < -0.39 is 0 Å². The monoisotopic (exact) mass is 373 g/mol. The summed E-state index contributed by atoms with van der Waals surface area (Å²) in [7, 11) is 0. The highest BCUT2D eigenvalue weighted by Crippen LogP contribution is 2.39. The number of ether oxygens (including phenoxy) is 1. The average molecular weight is 374 g/mol. The minimum Gasteiger partial charge on any atom is -0.489 e. The molecule has 0 unspecified atom stereocenters. The lowest BCUT2D eigenvalue weighted by molar-refractivity contribution is -0.121. The maximum Gasteiger partial charge on any atom is 0.221 e. The summed E-state index contributed by atoms with van der Waals surface area (Å²) in [6.45, 7) is 4.52. The minimum absolute atomic E-state index is 0.0124. The Hall–Kier alpha value is -2.31. The normalized spacial score (nSPS) is 17.0. The third kappa shape index (κ3) is 2.92. The van der Waals surface area contributed by atoms with Crippen molar-refractivity contribution in [2.24, 2.45) is 0 Å². The van der Waals surface area contributed by atoms with Gasteiger partial charge in [-0.1, -0.05) is 24.3 Å². The third-order valence-electron chi connectivity index (χ3n) is 4.25. The number of rotatable bonds is 4. The first-order valence-corrected chi connectivity index (χ1v) is 9.17. The lowest BCUT2D eigenvalue weighted by Gasteiger charge is -2.19. The van der Waals surface area contributed by atoms with Crippen LogP contribution in [0.3, 0.4) is 0 Å². The molecule has 0 aliphatic carbocycles. The predicted octanol–water partition coefficient (Wildman–Crippen LogP) is 3.77. The Labute approximate surface area is 153 Å². The van der Waals surface area contributed by atoms with E-state index in [1.807, 2.05) is 23.7 Å². The number of hydrogen-bond acceptors (Lipinski definition) is 4. The van der Waals surface area contributed by atoms with Crippen molar-refractivity contribution in [1.29, 1.82) is 0 Å². The highest BCUT2D eigenvalue weighted by Gasteiger charge is 2.31. The summed E-state index contributed by atoms with van der Waals surface area (Å²) in [6.07, 6.45) is 4.00. The molecule has 0 saturated carbocycles. The fourth-order valence-corrected chi connectivity index (χ4v) is 4.13. The number of thiazole rings is 1. The highest BCUT2D eigenvalue weighted by atomic mass is 35.5. The smallest absolute Gasteiger partial charge is 0.221 e. The molecule has 4 rings (SSSR count). The van der Waals surface area contributed by atoms with E-state index in [2.05, 4.69) is 21.3 Å². The fourth-order valence-electron chi connectivity index (χ4n) is 3.21. The molecule has 128 valence electrons. The van der Waals surface area contributed by atoms with Gasteiger partial charge in [0.05, 0.1) is 17.9 Å². The van der Waals surface area contributed by atoms with Crippen LogP contribution in [0.25, 0.3) is 4.96 Å². The number of amides is 1. The van der Waals surface area contributed by atoms with Crippen molar-refractivity contribution in [3.05, 3.63) is 64.4 Å². The van der Waals surface area contributed by atoms with Crippen molar-refractivity contribution in [2.45, 2.75) is 18.9 Å². The first kappa shape index (κ1) is 16.2. The SMILES string of the molecule is C=CCOc1ccc(Cl)cc1[C@H]1CC(=O)NCc2nc3sccn3c21. The number of carbonyl (C=O) groups is 1. The van der Waals surface area contributed by atoms with Crippen molar-refractivity contribution in [2.75, 3.05) is 6.61 Å². The van der Waals surface area contributed by atoms with Crippen LogP contribution in [0.1, 0.15) is 29.3 Å². The highest BCUT2D eigenvalue weighted by molar-refractivity contribution is 7.15. The molecule has 1 N–H and O–H groups in total. The summed E-state index contributed by atoms with van der Waals surface area (Å²) in [4.78, 5) is 17.9. The number of fused-ring (bicyclic) bond motifs is 3. The van der Waals surface area contributed by atoms with Gasteiger partial charge in [0.15, 0.2) is 4.96 Å². The summed E-state index contributed by atoms with van der Waals surface area (Å²) >= 11 is 7.82. The van der Waals surface area contributed by atoms with Gasteiger partial charge in [-0.05, 0) is 18.2 Å². The van der Waals surface area contributed by atoms with Crippen LogP contribution >= 0.6 is 22.9 Å². The molecule has 0 fully saturated rings. The molecular weight excluding hydrogens is 358 g/mol. The molecule has 1 aliphatic rings. The number of carbonyl (C=O) groups excluding carboxylic acids is 1. The van der Waals surface area contributed by atoms with Crippen LogP contribution in [-0.4, -0.2) is 21.9 Å². The summed E-state index contributed by atoms with van der Waals surface area (Å²) in [6, 6.07) is 5.51. The van der Waals surface area contributed by atoms with Gasteiger partial charge in [-0.15, -0.1) is 11.3 Å². The van der Waals surface area contributed by atoms with Crippen molar-refractivity contribution in [3.8, 4) is 5.75 Å². The fraction of sp³-hybridized carbons (Fsp3) is 0.222. The summed E-state index contributed by atoms with van der Waals surface area (Å²) in [5.41, 5.74) is 2.79. The zero-order valence-corrected chi connectivity index (χ0v) is 14.9. The van der Waals surface area contributed by atoms with Gasteiger partial charge in [-0.2, -0.15) is 0 Å². The van der Waals surface area contributed by atoms with E-state index in [0.29, 0.717) is 30.3 Å². The van der Waals surface area contributed by atoms with Gasteiger partial charge in [-0.25, -0.2) is 4.98 Å². The molecule has 1 aliphatic heterocycles. The largest absolute Gasteiger partial charge is 0.489 e. The maximum atomic E-state index is 12.3. The van der Waals surface area contributed by atoms with Crippen LogP contribution in [0.15, 0.2) is 42.4 Å². The van der Waals surface area contributed by atoms with Gasteiger partial charge >= 0.3 is 0 Å². The Morgan fingerprint density at radius 3 is 3.24 bits per heavy atom. The molecule has 25 heavy (non-hydrogen) atoms. The first-order valence-electron chi connectivity index (χ1n) is 7.91. The van der Waals surface area contributed by atoms with Crippen molar-refractivity contribution < 1.29 is 9.53 Å². The van der Waals surface area contributed by atoms with Gasteiger partial charge < -0.3 is 10.1 Å². The van der Waals surface area contributed by atoms with Crippen LogP contribution < -0.4 is 10.1 Å². The van der Waals surface area contributed by atoms with Crippen LogP contribution in [0.2, 0.25) is 5.02 Å². The molecule has 0 saturated heterocycles. The van der Waals surface area contributed by atoms with Gasteiger partial charge in [0.2, 0.25) is 5.91 Å². The van der Waals surface area contributed by atoms with Crippen LogP contribution in [0.4, 0.5) is 0 Å². The molecule has 0 spiro atoms. The van der Waals surface area contributed by atoms with Crippen molar-refractivity contribution in [1.82, 2.24) is 14.7 Å². The maximum absolute atomic E-state index is 12.3. The number of benzene rings is 1. The lowest BCUT2D eigenvalue weighted by atomic mass is 9.91. The summed E-state index contributed by atoms with van der Waals surface area (Å²) in [5.74, 6) is 0.516. The number of imidazole rings is 1. The molecule has 1 atom stereocenters. The van der Waals surface area contributed by atoms with Gasteiger partial charge in [-0.3, -0.25) is 9.20 Å². The molecule has 0 bridgehead atoms. The molecule has 3 aromatic rings. The molecule has 2 aromatic heterocycles. The third-order valence-corrected chi connectivity index (χ3v) is 5.24. The van der Waals surface area contributed by atoms with Crippen LogP contribution in [0.5, 0.6) is 5.75 Å². The summed E-state index contributed by atoms with van der Waals surface area (Å²) in [5, 5.41) is 5.53. The summed E-state index contributed by atoms with van der Waals surface area (Å²) < 4.78 is 7.88. The second kappa shape index (κ2) is 6.54. The average Bonchev–Trinajstić information content (AvgIpc) is 3.13. The lowest BCUT2D eigenvalue weighted by Crippen LogP contribution is -2.21. The van der Waals surface area contributed by atoms with E-state index in [1.165, 1.54) is 0 Å². The first-order chi connectivity index (χ1) is 12.2. The second-order valence-corrected chi connectivity index (χ2v) is 7.12. The topological polar surface area (TPSA) is 55.6 Å². The van der Waals surface area contributed by atoms with E-state index in [9.17, 15) is 4.79 Å². The molecule has 3 heterocycles. The minimum atomic E-state index is -0.180. The predicted molar refractivity (Wildman–Crippen MR) is 98.5 cm³/mol. The van der Waals surface area contributed by atoms with E-state index in [1.54, 1.807) is 23.5 Å². The molecule has 1 amide bonds. The van der Waals surface area contributed by atoms with Gasteiger partial charge in [0.25, 0.3) is 0 Å². The van der Waals surface area contributed by atoms with E-state index in [0.717, 1.165) is 21.9 Å². The molecule has 7 heteroatoms. The van der Waals surface area contributed by atoms with Crippen LogP contribution in [0, 0.1) is 0 Å². The molecular formula is C18H16ClN3O2S. The number of aromatic nitrogens is 2. The molecule has 0 radical (unpaired) electrons. The van der Waals surface area contributed by atoms with Gasteiger partial charge in [0, 0.05) is 34.5 Å². The quantitative estimate of drug-likeness (QED) is 0.708. The Morgan fingerprint density at radius 2 is 2.40 bits per heavy atom. The number of halogens is 1. The van der Waals surface area contributed by atoms with Crippen molar-refractivity contribution >= 4 is 33.8 Å².